The van der Waals surface area contributed by atoms with Gasteiger partial charge in [-0.3, -0.25) is 9.69 Å². The summed E-state index contributed by atoms with van der Waals surface area (Å²) in [6.07, 6.45) is 4.19. The maximum absolute atomic E-state index is 12.9. The minimum absolute atomic E-state index is 0. The molecule has 0 spiro atoms. The van der Waals surface area contributed by atoms with Crippen molar-refractivity contribution in [1.82, 2.24) is 14.9 Å². The number of amides is 1. The number of nitrogens with one attached hydrogen (secondary N) is 1. The predicted octanol–water partition coefficient (Wildman–Crippen LogP) is 3.99. The van der Waals surface area contributed by atoms with Gasteiger partial charge in [0.05, 0.1) is 36.2 Å². The Morgan fingerprint density at radius 3 is 2.63 bits per heavy atom. The van der Waals surface area contributed by atoms with E-state index >= 15 is 0 Å². The molecule has 4 rings (SSSR count). The Bertz CT molecular complexity index is 1030. The molecule has 154 valence electrons. The number of hydrogen-bond donors (Lipinski definition) is 1. The number of hydrogen-bond acceptors (Lipinski definition) is 4. The summed E-state index contributed by atoms with van der Waals surface area (Å²) < 4.78 is 0. The first kappa shape index (κ1) is 21.8. The highest BCUT2D eigenvalue weighted by atomic mass is 35.5. The fourth-order valence-corrected chi connectivity index (χ4v) is 3.88. The molecule has 6 nitrogen and oxygen atoms in total. The second-order valence-electron chi connectivity index (χ2n) is 7.03. The molecular formula is C22H21Cl2N5O. The van der Waals surface area contributed by atoms with Crippen molar-refractivity contribution in [1.29, 1.82) is 5.26 Å². The predicted molar refractivity (Wildman–Crippen MR) is 119 cm³/mol. The topological polar surface area (TPSA) is 76.0 Å². The van der Waals surface area contributed by atoms with Crippen molar-refractivity contribution in [2.75, 3.05) is 24.5 Å². The van der Waals surface area contributed by atoms with Crippen LogP contribution in [0.5, 0.6) is 0 Å². The largest absolute Gasteiger partial charge is 0.347 e. The first-order chi connectivity index (χ1) is 14.1. The molecule has 8 heteroatoms. The van der Waals surface area contributed by atoms with Crippen LogP contribution in [0.4, 0.5) is 5.69 Å². The minimum atomic E-state index is -0.00380. The number of aromatic amines is 1. The van der Waals surface area contributed by atoms with Crippen molar-refractivity contribution >= 4 is 35.6 Å². The molecule has 1 saturated heterocycles. The van der Waals surface area contributed by atoms with Gasteiger partial charge in [0.25, 0.3) is 0 Å². The normalized spacial score (nSPS) is 15.3. The maximum atomic E-state index is 12.9. The Balaban J connectivity index is 0.00000256. The van der Waals surface area contributed by atoms with Crippen molar-refractivity contribution in [3.05, 3.63) is 82.9 Å². The summed E-state index contributed by atoms with van der Waals surface area (Å²) in [5, 5.41) is 9.63. The number of nitriles is 1. The molecule has 3 aromatic rings. The molecule has 0 radical (unpaired) electrons. The van der Waals surface area contributed by atoms with Crippen LogP contribution in [0.25, 0.3) is 0 Å². The molecular weight excluding hydrogens is 421 g/mol. The van der Waals surface area contributed by atoms with Gasteiger partial charge in [0.1, 0.15) is 0 Å². The van der Waals surface area contributed by atoms with Gasteiger partial charge in [-0.1, -0.05) is 29.8 Å². The Morgan fingerprint density at radius 2 is 2.00 bits per heavy atom. The van der Waals surface area contributed by atoms with Crippen molar-refractivity contribution in [3.8, 4) is 6.07 Å². The quantitative estimate of drug-likeness (QED) is 0.649. The zero-order valence-corrected chi connectivity index (χ0v) is 17.7. The van der Waals surface area contributed by atoms with Gasteiger partial charge in [-0.15, -0.1) is 12.4 Å². The molecule has 1 unspecified atom stereocenters. The average Bonchev–Trinajstić information content (AvgIpc) is 3.27. The molecule has 1 fully saturated rings. The molecule has 1 N–H and O–H groups in total. The first-order valence-electron chi connectivity index (χ1n) is 9.41. The van der Waals surface area contributed by atoms with Crippen molar-refractivity contribution < 1.29 is 4.79 Å². The van der Waals surface area contributed by atoms with Crippen LogP contribution < -0.4 is 4.90 Å². The van der Waals surface area contributed by atoms with E-state index in [9.17, 15) is 4.79 Å². The molecule has 30 heavy (non-hydrogen) atoms. The third kappa shape index (κ3) is 4.82. The van der Waals surface area contributed by atoms with E-state index in [0.29, 0.717) is 23.7 Å². The number of carbonyl (C=O) groups is 1. The lowest BCUT2D eigenvalue weighted by Gasteiger charge is -2.38. The number of carbonyl (C=O) groups excluding carboxylic acids is 1. The highest BCUT2D eigenvalue weighted by Gasteiger charge is 2.31. The monoisotopic (exact) mass is 441 g/mol. The lowest BCUT2D eigenvalue weighted by molar-refractivity contribution is -0.122. The molecule has 0 saturated carbocycles. The number of piperazine rings is 1. The summed E-state index contributed by atoms with van der Waals surface area (Å²) in [7, 11) is 0. The standard InChI is InChI=1S/C22H20ClN5O.ClH/c23-18-2-1-3-19(11-18)28-9-8-27(14-22(28)29)21(20-13-25-15-26-20)10-16-4-6-17(12-24)7-5-16;/h1-7,11,13,15,21H,8-10,14H2,(H,25,26);1H. The Labute approximate surface area is 186 Å². The number of rotatable bonds is 5. The number of nitrogens with zero attached hydrogens (tertiary/aromatic N) is 4. The Morgan fingerprint density at radius 1 is 1.20 bits per heavy atom. The molecule has 1 amide bonds. The van der Waals surface area contributed by atoms with Crippen LogP contribution in [0.2, 0.25) is 5.02 Å². The lowest BCUT2D eigenvalue weighted by Crippen LogP contribution is -2.51. The zero-order chi connectivity index (χ0) is 20.2. The third-order valence-corrected chi connectivity index (χ3v) is 5.44. The Kier molecular flexibility index (Phi) is 7.11. The average molecular weight is 442 g/mol. The van der Waals surface area contributed by atoms with Gasteiger partial charge in [-0.2, -0.15) is 5.26 Å². The molecule has 0 aliphatic carbocycles. The zero-order valence-electron chi connectivity index (χ0n) is 16.2. The van der Waals surface area contributed by atoms with Gasteiger partial charge >= 0.3 is 0 Å². The van der Waals surface area contributed by atoms with Gasteiger partial charge in [0.2, 0.25) is 5.91 Å². The van der Waals surface area contributed by atoms with Gasteiger partial charge in [0, 0.05) is 30.0 Å². The van der Waals surface area contributed by atoms with E-state index in [1.165, 1.54) is 0 Å². The third-order valence-electron chi connectivity index (χ3n) is 5.20. The lowest BCUT2D eigenvalue weighted by atomic mass is 10.00. The highest BCUT2D eigenvalue weighted by molar-refractivity contribution is 6.30. The summed E-state index contributed by atoms with van der Waals surface area (Å²) in [5.41, 5.74) is 3.54. The summed E-state index contributed by atoms with van der Waals surface area (Å²) >= 11 is 6.09. The van der Waals surface area contributed by atoms with E-state index < -0.39 is 0 Å². The fourth-order valence-electron chi connectivity index (χ4n) is 3.70. The second kappa shape index (κ2) is 9.77. The SMILES string of the molecule is Cl.N#Cc1ccc(CC(c2cnc[nH]2)N2CCN(c3cccc(Cl)c3)C(=O)C2)cc1. The van der Waals surface area contributed by atoms with E-state index in [4.69, 9.17) is 16.9 Å². The van der Waals surface area contributed by atoms with Gasteiger partial charge in [-0.05, 0) is 42.3 Å². The molecule has 1 aliphatic heterocycles. The Hall–Kier alpha value is -2.85. The molecule has 2 aromatic carbocycles. The van der Waals surface area contributed by atoms with Crippen LogP contribution >= 0.6 is 24.0 Å². The summed E-state index contributed by atoms with van der Waals surface area (Å²) in [6, 6.07) is 17.1. The number of benzene rings is 2. The van der Waals surface area contributed by atoms with E-state index in [1.807, 2.05) is 48.7 Å². The summed E-state index contributed by atoms with van der Waals surface area (Å²) in [6.45, 7) is 1.64. The highest BCUT2D eigenvalue weighted by Crippen LogP contribution is 2.28. The van der Waals surface area contributed by atoms with Crippen LogP contribution in [0.15, 0.2) is 61.1 Å². The van der Waals surface area contributed by atoms with E-state index in [0.717, 1.165) is 29.9 Å². The number of H-pyrrole nitrogens is 1. The fraction of sp³-hybridized carbons (Fsp3) is 0.227. The molecule has 1 atom stereocenters. The molecule has 0 bridgehead atoms. The second-order valence-corrected chi connectivity index (χ2v) is 7.47. The number of imidazole rings is 1. The van der Waals surface area contributed by atoms with E-state index in [2.05, 4.69) is 20.9 Å². The molecule has 1 aromatic heterocycles. The molecule has 1 aliphatic rings. The van der Waals surface area contributed by atoms with Crippen LogP contribution in [-0.4, -0.2) is 40.4 Å². The number of anilines is 1. The smallest absolute Gasteiger partial charge is 0.241 e. The summed E-state index contributed by atoms with van der Waals surface area (Å²) in [4.78, 5) is 24.2. The van der Waals surface area contributed by atoms with Gasteiger partial charge in [0.15, 0.2) is 0 Å². The van der Waals surface area contributed by atoms with Crippen molar-refractivity contribution in [3.63, 3.8) is 0 Å². The van der Waals surface area contributed by atoms with Crippen LogP contribution in [-0.2, 0) is 11.2 Å². The number of aromatic nitrogens is 2. The van der Waals surface area contributed by atoms with Gasteiger partial charge < -0.3 is 9.88 Å². The van der Waals surface area contributed by atoms with Gasteiger partial charge in [-0.25, -0.2) is 4.98 Å². The molecule has 2 heterocycles. The summed E-state index contributed by atoms with van der Waals surface area (Å²) in [5.74, 6) is 0.0443. The minimum Gasteiger partial charge on any atom is -0.347 e. The van der Waals surface area contributed by atoms with Crippen molar-refractivity contribution in [2.45, 2.75) is 12.5 Å². The van der Waals surface area contributed by atoms with E-state index in [1.54, 1.807) is 17.3 Å². The van der Waals surface area contributed by atoms with Crippen LogP contribution in [0.1, 0.15) is 22.9 Å². The maximum Gasteiger partial charge on any atom is 0.241 e. The first-order valence-corrected chi connectivity index (χ1v) is 9.79. The van der Waals surface area contributed by atoms with Crippen LogP contribution in [0.3, 0.4) is 0 Å². The van der Waals surface area contributed by atoms with Crippen LogP contribution in [0, 0.1) is 11.3 Å². The van der Waals surface area contributed by atoms with E-state index in [-0.39, 0.29) is 24.4 Å². The number of halogens is 2. The van der Waals surface area contributed by atoms with Crippen molar-refractivity contribution in [2.24, 2.45) is 0 Å².